The number of carboxylic acid groups (broad SMARTS) is 1. The van der Waals surface area contributed by atoms with Gasteiger partial charge in [-0.05, 0) is 30.7 Å². The summed E-state index contributed by atoms with van der Waals surface area (Å²) in [6.07, 6.45) is -0.656. The normalized spacial score (nSPS) is 11.3. The Hall–Kier alpha value is -4.36. The van der Waals surface area contributed by atoms with Crippen LogP contribution in [0.25, 0.3) is 0 Å². The van der Waals surface area contributed by atoms with Gasteiger partial charge in [0.25, 0.3) is 5.56 Å². The minimum absolute atomic E-state index is 0.215. The first-order valence-electron chi connectivity index (χ1n) is 9.79. The number of methoxy groups -OCH3 is 1. The van der Waals surface area contributed by atoms with Gasteiger partial charge in [0.2, 0.25) is 11.7 Å². The summed E-state index contributed by atoms with van der Waals surface area (Å²) in [6.45, 7) is -0.628. The van der Waals surface area contributed by atoms with E-state index in [0.29, 0.717) is 6.07 Å². The Balaban J connectivity index is 2.13. The van der Waals surface area contributed by atoms with Crippen LogP contribution >= 0.6 is 0 Å². The van der Waals surface area contributed by atoms with Crippen LogP contribution in [0.3, 0.4) is 0 Å². The predicted molar refractivity (Wildman–Crippen MR) is 112 cm³/mol. The molecule has 1 aromatic heterocycles. The molecule has 0 bridgehead atoms. The van der Waals surface area contributed by atoms with Crippen molar-refractivity contribution in [2.45, 2.75) is 25.9 Å². The fourth-order valence-electron chi connectivity index (χ4n) is 2.80. The number of nitrogens with one attached hydrogen (secondary N) is 2. The number of benzene rings is 1. The molecule has 0 fully saturated rings. The van der Waals surface area contributed by atoms with Gasteiger partial charge in [0.05, 0.1) is 13.5 Å². The first-order valence-corrected chi connectivity index (χ1v) is 9.79. The second-order valence-corrected chi connectivity index (χ2v) is 7.08. The molecule has 2 aromatic rings. The van der Waals surface area contributed by atoms with E-state index >= 15 is 0 Å². The van der Waals surface area contributed by atoms with Crippen molar-refractivity contribution < 1.29 is 46.9 Å². The van der Waals surface area contributed by atoms with Crippen LogP contribution in [0.2, 0.25) is 0 Å². The number of Topliss-reactive ketones (excluding diaryl/α,β-unsaturated/α-hetero) is 1. The number of aromatic nitrogens is 1. The molecule has 0 aliphatic carbocycles. The van der Waals surface area contributed by atoms with Crippen molar-refractivity contribution in [3.05, 3.63) is 57.8 Å². The largest absolute Gasteiger partial charge is 0.481 e. The van der Waals surface area contributed by atoms with Crippen LogP contribution in [0.5, 0.6) is 5.75 Å². The third kappa shape index (κ3) is 7.06. The van der Waals surface area contributed by atoms with E-state index in [2.05, 4.69) is 15.4 Å². The maximum absolute atomic E-state index is 14.1. The Morgan fingerprint density at radius 2 is 1.86 bits per heavy atom. The van der Waals surface area contributed by atoms with E-state index in [4.69, 9.17) is 9.84 Å². The zero-order valence-electron chi connectivity index (χ0n) is 18.4. The summed E-state index contributed by atoms with van der Waals surface area (Å²) in [6, 6.07) is 1.46. The summed E-state index contributed by atoms with van der Waals surface area (Å²) in [5.74, 6) is -9.08. The molecule has 2 amide bonds. The first kappa shape index (κ1) is 26.9. The molecule has 3 N–H and O–H groups in total. The van der Waals surface area contributed by atoms with Gasteiger partial charge in [0, 0.05) is 6.20 Å². The zero-order valence-corrected chi connectivity index (χ0v) is 18.4. The Labute approximate surface area is 195 Å². The number of carbonyl (C=O) groups is 4. The van der Waals surface area contributed by atoms with Gasteiger partial charge in [-0.1, -0.05) is 0 Å². The van der Waals surface area contributed by atoms with Gasteiger partial charge >= 0.3 is 12.1 Å². The number of aryl methyl sites for hydroxylation is 1. The van der Waals surface area contributed by atoms with Gasteiger partial charge in [-0.25, -0.2) is 13.6 Å². The van der Waals surface area contributed by atoms with Crippen molar-refractivity contribution >= 4 is 29.4 Å². The molecular formula is C21H20F3N3O8. The molecule has 1 unspecified atom stereocenters. The van der Waals surface area contributed by atoms with Crippen LogP contribution in [0, 0.1) is 24.4 Å². The summed E-state index contributed by atoms with van der Waals surface area (Å²) >= 11 is 0. The number of amides is 2. The molecule has 35 heavy (non-hydrogen) atoms. The average Bonchev–Trinajstić information content (AvgIpc) is 2.79. The number of hydrogen-bond acceptors (Lipinski definition) is 7. The third-order valence-electron chi connectivity index (χ3n) is 4.52. The fraction of sp³-hybridized carbons (Fsp3) is 0.286. The van der Waals surface area contributed by atoms with E-state index < -0.39 is 78.1 Å². The summed E-state index contributed by atoms with van der Waals surface area (Å²) in [4.78, 5) is 59.6. The van der Waals surface area contributed by atoms with Crippen LogP contribution in [0.4, 0.5) is 23.7 Å². The van der Waals surface area contributed by atoms with E-state index in [1.807, 2.05) is 0 Å². The molecule has 188 valence electrons. The Kier molecular flexibility index (Phi) is 8.97. The van der Waals surface area contributed by atoms with E-state index in [1.54, 1.807) is 0 Å². The molecule has 0 aliphatic heterocycles. The number of ketones is 1. The number of nitrogens with zero attached hydrogens (tertiary/aromatic N) is 1. The molecule has 2 rings (SSSR count). The molecule has 0 spiro atoms. The van der Waals surface area contributed by atoms with Gasteiger partial charge in [0.15, 0.2) is 23.2 Å². The molecule has 1 heterocycles. The molecule has 11 nitrogen and oxygen atoms in total. The van der Waals surface area contributed by atoms with Crippen molar-refractivity contribution in [3.63, 3.8) is 0 Å². The SMILES string of the molecule is COC(=O)Nc1cccn(CC(=O)NC(CC(=O)O)C(=O)COc2c(F)c(C)cc(F)c2F)c1=O. The number of carbonyl (C=O) groups excluding carboxylic acids is 3. The average molecular weight is 499 g/mol. The fourth-order valence-corrected chi connectivity index (χ4v) is 2.80. The van der Waals surface area contributed by atoms with Gasteiger partial charge in [-0.3, -0.25) is 24.5 Å². The van der Waals surface area contributed by atoms with Crippen molar-refractivity contribution in [3.8, 4) is 5.75 Å². The van der Waals surface area contributed by atoms with Crippen molar-refractivity contribution in [2.75, 3.05) is 19.0 Å². The Bertz CT molecular complexity index is 1190. The van der Waals surface area contributed by atoms with Gasteiger partial charge in [0.1, 0.15) is 24.9 Å². The maximum atomic E-state index is 14.1. The second kappa shape index (κ2) is 11.7. The lowest BCUT2D eigenvalue weighted by Gasteiger charge is -2.17. The number of halogens is 3. The van der Waals surface area contributed by atoms with E-state index in [-0.39, 0.29) is 11.3 Å². The van der Waals surface area contributed by atoms with E-state index in [0.717, 1.165) is 18.6 Å². The Morgan fingerprint density at radius 1 is 1.17 bits per heavy atom. The summed E-state index contributed by atoms with van der Waals surface area (Å²) < 4.78 is 51.4. The molecule has 0 saturated carbocycles. The van der Waals surface area contributed by atoms with Crippen LogP contribution in [-0.2, 0) is 25.7 Å². The van der Waals surface area contributed by atoms with E-state index in [1.165, 1.54) is 18.3 Å². The Morgan fingerprint density at radius 3 is 2.49 bits per heavy atom. The smallest absolute Gasteiger partial charge is 0.411 e. The maximum Gasteiger partial charge on any atom is 0.411 e. The highest BCUT2D eigenvalue weighted by Gasteiger charge is 2.26. The summed E-state index contributed by atoms with van der Waals surface area (Å²) in [5.41, 5.74) is -1.31. The van der Waals surface area contributed by atoms with E-state index in [9.17, 15) is 37.1 Å². The molecular weight excluding hydrogens is 479 g/mol. The molecule has 0 saturated heterocycles. The highest BCUT2D eigenvalue weighted by atomic mass is 19.2. The number of carboxylic acids is 1. The lowest BCUT2D eigenvalue weighted by Crippen LogP contribution is -2.46. The molecule has 0 radical (unpaired) electrons. The number of ether oxygens (including phenoxy) is 2. The topological polar surface area (TPSA) is 153 Å². The minimum Gasteiger partial charge on any atom is -0.481 e. The third-order valence-corrected chi connectivity index (χ3v) is 4.52. The standard InChI is InChI=1S/C21H20F3N3O8/c1-10-6-11(22)18(24)19(17(10)23)35-9-14(28)13(7-16(30)31)25-15(29)8-27-5-3-4-12(20(27)32)26-21(33)34-2/h3-6,13H,7-9H2,1-2H3,(H,25,29)(H,26,33)(H,30,31). The quantitative estimate of drug-likeness (QED) is 0.414. The van der Waals surface area contributed by atoms with Gasteiger partial charge < -0.3 is 24.5 Å². The van der Waals surface area contributed by atoms with Crippen molar-refractivity contribution in [2.24, 2.45) is 0 Å². The molecule has 14 heteroatoms. The molecule has 0 aliphatic rings. The number of hydrogen-bond donors (Lipinski definition) is 3. The highest BCUT2D eigenvalue weighted by Crippen LogP contribution is 2.26. The number of rotatable bonds is 10. The number of pyridine rings is 1. The monoisotopic (exact) mass is 499 g/mol. The number of anilines is 1. The summed E-state index contributed by atoms with van der Waals surface area (Å²) in [7, 11) is 1.08. The second-order valence-electron chi connectivity index (χ2n) is 7.08. The molecule has 1 atom stereocenters. The lowest BCUT2D eigenvalue weighted by molar-refractivity contribution is -0.140. The molecule has 1 aromatic carbocycles. The lowest BCUT2D eigenvalue weighted by atomic mass is 10.1. The summed E-state index contributed by atoms with van der Waals surface area (Å²) in [5, 5.41) is 13.3. The van der Waals surface area contributed by atoms with Gasteiger partial charge in [-0.2, -0.15) is 4.39 Å². The van der Waals surface area contributed by atoms with Crippen LogP contribution < -0.4 is 20.9 Å². The highest BCUT2D eigenvalue weighted by molar-refractivity contribution is 5.92. The van der Waals surface area contributed by atoms with Crippen molar-refractivity contribution in [1.29, 1.82) is 0 Å². The minimum atomic E-state index is -1.70. The van der Waals surface area contributed by atoms with Crippen molar-refractivity contribution in [1.82, 2.24) is 9.88 Å². The predicted octanol–water partition coefficient (Wildman–Crippen LogP) is 1.36. The van der Waals surface area contributed by atoms with Crippen LogP contribution in [-0.4, -0.2) is 53.2 Å². The van der Waals surface area contributed by atoms with Crippen LogP contribution in [0.15, 0.2) is 29.2 Å². The van der Waals surface area contributed by atoms with Gasteiger partial charge in [-0.15, -0.1) is 0 Å². The zero-order chi connectivity index (χ0) is 26.3. The number of aliphatic carboxylic acids is 1. The van der Waals surface area contributed by atoms with Crippen LogP contribution in [0.1, 0.15) is 12.0 Å². The first-order chi connectivity index (χ1) is 16.4.